The quantitative estimate of drug-likeness (QED) is 0.821. The van der Waals surface area contributed by atoms with Crippen molar-refractivity contribution >= 4 is 0 Å². The number of rotatable bonds is 3. The summed E-state index contributed by atoms with van der Waals surface area (Å²) in [5, 5.41) is 19.1. The van der Waals surface area contributed by atoms with Crippen LogP contribution in [-0.2, 0) is 5.60 Å². The van der Waals surface area contributed by atoms with E-state index in [0.717, 1.165) is 0 Å². The molecule has 0 spiro atoms. The minimum atomic E-state index is -1.19. The van der Waals surface area contributed by atoms with Crippen LogP contribution in [0.2, 0.25) is 0 Å². The lowest BCUT2D eigenvalue weighted by atomic mass is 9.84. The van der Waals surface area contributed by atoms with Crippen LogP contribution in [0.5, 0.6) is 5.75 Å². The van der Waals surface area contributed by atoms with Gasteiger partial charge in [0.15, 0.2) is 0 Å². The molecule has 1 rings (SSSR count). The summed E-state index contributed by atoms with van der Waals surface area (Å²) in [7, 11) is 1.55. The summed E-state index contributed by atoms with van der Waals surface area (Å²) in [6, 6.07) is 9.24. The number of para-hydroxylation sites is 1. The number of hydrogen-bond donors (Lipinski definition) is 1. The maximum atomic E-state index is 10.3. The van der Waals surface area contributed by atoms with Gasteiger partial charge in [-0.25, -0.2) is 0 Å². The van der Waals surface area contributed by atoms with Crippen LogP contribution in [0.15, 0.2) is 24.3 Å². The molecule has 1 aromatic carbocycles. The van der Waals surface area contributed by atoms with Crippen molar-refractivity contribution < 1.29 is 9.84 Å². The average Bonchev–Trinajstić information content (AvgIpc) is 2.27. The topological polar surface area (TPSA) is 53.2 Å². The van der Waals surface area contributed by atoms with Gasteiger partial charge in [0.25, 0.3) is 0 Å². The van der Waals surface area contributed by atoms with Gasteiger partial charge in [-0.05, 0) is 19.9 Å². The molecule has 0 saturated carbocycles. The zero-order valence-corrected chi connectivity index (χ0v) is 9.19. The van der Waals surface area contributed by atoms with E-state index in [1.165, 1.54) is 0 Å². The lowest BCUT2D eigenvalue weighted by molar-refractivity contribution is 0.0210. The van der Waals surface area contributed by atoms with Crippen LogP contribution in [0.3, 0.4) is 0 Å². The Hall–Kier alpha value is -1.53. The standard InChI is InChI=1S/C12H15NO2/c1-9(8-13)12(2,14)10-6-4-5-7-11(10)15-3/h4-7,9,14H,1-3H3. The highest BCUT2D eigenvalue weighted by Crippen LogP contribution is 2.34. The number of aliphatic hydroxyl groups is 1. The first-order chi connectivity index (χ1) is 7.04. The van der Waals surface area contributed by atoms with Gasteiger partial charge in [-0.15, -0.1) is 0 Å². The average molecular weight is 205 g/mol. The normalized spacial score (nSPS) is 16.2. The van der Waals surface area contributed by atoms with Gasteiger partial charge in [0, 0.05) is 5.56 Å². The van der Waals surface area contributed by atoms with Gasteiger partial charge in [0.05, 0.1) is 19.1 Å². The van der Waals surface area contributed by atoms with E-state index in [1.54, 1.807) is 33.1 Å². The molecule has 0 saturated heterocycles. The van der Waals surface area contributed by atoms with Gasteiger partial charge in [0.2, 0.25) is 0 Å². The monoisotopic (exact) mass is 205 g/mol. The summed E-state index contributed by atoms with van der Waals surface area (Å²) < 4.78 is 5.16. The summed E-state index contributed by atoms with van der Waals surface area (Å²) in [6.45, 7) is 3.31. The van der Waals surface area contributed by atoms with E-state index in [2.05, 4.69) is 0 Å². The van der Waals surface area contributed by atoms with Crippen molar-refractivity contribution in [1.29, 1.82) is 5.26 Å². The molecule has 2 unspecified atom stereocenters. The summed E-state index contributed by atoms with van der Waals surface area (Å²) >= 11 is 0. The summed E-state index contributed by atoms with van der Waals surface area (Å²) in [5.74, 6) is 0.110. The molecule has 1 aromatic rings. The molecular weight excluding hydrogens is 190 g/mol. The highest BCUT2D eigenvalue weighted by Gasteiger charge is 2.32. The molecule has 0 aliphatic carbocycles. The second-order valence-electron chi connectivity index (χ2n) is 3.70. The Morgan fingerprint density at radius 2 is 2.07 bits per heavy atom. The Morgan fingerprint density at radius 3 is 2.60 bits per heavy atom. The van der Waals surface area contributed by atoms with E-state index in [4.69, 9.17) is 10.00 Å². The highest BCUT2D eigenvalue weighted by atomic mass is 16.5. The van der Waals surface area contributed by atoms with Crippen LogP contribution >= 0.6 is 0 Å². The lowest BCUT2D eigenvalue weighted by Crippen LogP contribution is -2.29. The van der Waals surface area contributed by atoms with Crippen molar-refractivity contribution in [2.45, 2.75) is 19.4 Å². The third kappa shape index (κ3) is 2.11. The fourth-order valence-electron chi connectivity index (χ4n) is 1.42. The van der Waals surface area contributed by atoms with Crippen molar-refractivity contribution in [3.63, 3.8) is 0 Å². The van der Waals surface area contributed by atoms with Crippen LogP contribution in [0.4, 0.5) is 0 Å². The van der Waals surface area contributed by atoms with Crippen LogP contribution in [0, 0.1) is 17.2 Å². The van der Waals surface area contributed by atoms with Crippen LogP contribution in [0.25, 0.3) is 0 Å². The first kappa shape index (κ1) is 11.5. The zero-order valence-electron chi connectivity index (χ0n) is 9.19. The molecular formula is C12H15NO2. The van der Waals surface area contributed by atoms with Gasteiger partial charge in [-0.3, -0.25) is 0 Å². The molecule has 3 heteroatoms. The fourth-order valence-corrected chi connectivity index (χ4v) is 1.42. The second-order valence-corrected chi connectivity index (χ2v) is 3.70. The number of hydrogen-bond acceptors (Lipinski definition) is 3. The third-order valence-corrected chi connectivity index (χ3v) is 2.69. The van der Waals surface area contributed by atoms with Crippen LogP contribution in [-0.4, -0.2) is 12.2 Å². The number of methoxy groups -OCH3 is 1. The lowest BCUT2D eigenvalue weighted by Gasteiger charge is -2.27. The Morgan fingerprint density at radius 1 is 1.47 bits per heavy atom. The number of nitrogens with zero attached hydrogens (tertiary/aromatic N) is 1. The van der Waals surface area contributed by atoms with E-state index in [9.17, 15) is 5.11 Å². The molecule has 0 amide bonds. The van der Waals surface area contributed by atoms with Gasteiger partial charge in [-0.1, -0.05) is 18.2 Å². The summed E-state index contributed by atoms with van der Waals surface area (Å²) in [6.07, 6.45) is 0. The Bertz CT molecular complexity index is 379. The minimum absolute atomic E-state index is 0.492. The van der Waals surface area contributed by atoms with Crippen molar-refractivity contribution in [2.24, 2.45) is 5.92 Å². The first-order valence-corrected chi connectivity index (χ1v) is 4.79. The van der Waals surface area contributed by atoms with Crippen molar-refractivity contribution in [1.82, 2.24) is 0 Å². The third-order valence-electron chi connectivity index (χ3n) is 2.69. The largest absolute Gasteiger partial charge is 0.496 e. The summed E-state index contributed by atoms with van der Waals surface area (Å²) in [5.41, 5.74) is -0.553. The molecule has 0 fully saturated rings. The maximum Gasteiger partial charge on any atom is 0.124 e. The fraction of sp³-hybridized carbons (Fsp3) is 0.417. The molecule has 2 atom stereocenters. The Labute approximate surface area is 89.9 Å². The predicted octanol–water partition coefficient (Wildman–Crippen LogP) is 2.06. The molecule has 0 radical (unpaired) electrons. The summed E-state index contributed by atoms with van der Waals surface area (Å²) in [4.78, 5) is 0. The Balaban J connectivity index is 3.21. The first-order valence-electron chi connectivity index (χ1n) is 4.79. The van der Waals surface area contributed by atoms with E-state index < -0.39 is 11.5 Å². The smallest absolute Gasteiger partial charge is 0.124 e. The van der Waals surface area contributed by atoms with Crippen molar-refractivity contribution in [3.8, 4) is 11.8 Å². The van der Waals surface area contributed by atoms with Crippen molar-refractivity contribution in [3.05, 3.63) is 29.8 Å². The molecule has 0 bridgehead atoms. The van der Waals surface area contributed by atoms with E-state index in [0.29, 0.717) is 11.3 Å². The molecule has 3 nitrogen and oxygen atoms in total. The zero-order chi connectivity index (χ0) is 11.5. The van der Waals surface area contributed by atoms with Gasteiger partial charge < -0.3 is 9.84 Å². The Kier molecular flexibility index (Phi) is 3.33. The molecule has 0 aliphatic heterocycles. The highest BCUT2D eigenvalue weighted by molar-refractivity contribution is 5.38. The molecule has 80 valence electrons. The number of nitriles is 1. The van der Waals surface area contributed by atoms with Gasteiger partial charge in [0.1, 0.15) is 11.4 Å². The minimum Gasteiger partial charge on any atom is -0.496 e. The van der Waals surface area contributed by atoms with Gasteiger partial charge in [-0.2, -0.15) is 5.26 Å². The maximum absolute atomic E-state index is 10.3. The van der Waals surface area contributed by atoms with Crippen LogP contribution < -0.4 is 4.74 Å². The number of benzene rings is 1. The molecule has 15 heavy (non-hydrogen) atoms. The number of ether oxygens (including phenoxy) is 1. The van der Waals surface area contributed by atoms with E-state index in [1.807, 2.05) is 18.2 Å². The SMILES string of the molecule is COc1ccccc1C(C)(O)C(C)C#N. The molecule has 1 N–H and O–H groups in total. The van der Waals surface area contributed by atoms with E-state index in [-0.39, 0.29) is 0 Å². The van der Waals surface area contributed by atoms with E-state index >= 15 is 0 Å². The van der Waals surface area contributed by atoms with Crippen molar-refractivity contribution in [2.75, 3.05) is 7.11 Å². The van der Waals surface area contributed by atoms with Crippen LogP contribution in [0.1, 0.15) is 19.4 Å². The second kappa shape index (κ2) is 4.33. The predicted molar refractivity (Wildman–Crippen MR) is 57.3 cm³/mol. The molecule has 0 aromatic heterocycles. The van der Waals surface area contributed by atoms with Gasteiger partial charge >= 0.3 is 0 Å². The molecule has 0 heterocycles. The molecule has 0 aliphatic rings.